The van der Waals surface area contributed by atoms with E-state index in [1.165, 1.54) is 0 Å². The molecule has 0 unspecified atom stereocenters. The zero-order valence-electron chi connectivity index (χ0n) is 14.2. The fourth-order valence-electron chi connectivity index (χ4n) is 3.01. The first kappa shape index (κ1) is 17.7. The molecule has 1 fully saturated rings. The minimum Gasteiger partial charge on any atom is -0.384 e. The number of carbonyl (C=O) groups excluding carboxylic acids is 2. The lowest BCUT2D eigenvalue weighted by atomic mass is 10.2. The lowest BCUT2D eigenvalue weighted by molar-refractivity contribution is -0.138. The van der Waals surface area contributed by atoms with Gasteiger partial charge in [0.15, 0.2) is 0 Å². The molecule has 1 aliphatic rings. The number of nitrogens with zero attached hydrogens (tertiary/aromatic N) is 3. The number of carbonyl (C=O) groups is 2. The summed E-state index contributed by atoms with van der Waals surface area (Å²) in [6.07, 6.45) is 2.19. The van der Waals surface area contributed by atoms with Gasteiger partial charge in [-0.2, -0.15) is 0 Å². The Morgan fingerprint density at radius 3 is 2.60 bits per heavy atom. The minimum atomic E-state index is 0.0740. The Morgan fingerprint density at radius 1 is 1.16 bits per heavy atom. The van der Waals surface area contributed by atoms with Gasteiger partial charge in [0.25, 0.3) is 0 Å². The molecule has 1 aromatic heterocycles. The predicted octanol–water partition coefficient (Wildman–Crippen LogP) is 2.49. The Labute approximate surface area is 155 Å². The molecule has 3 rings (SSSR count). The van der Waals surface area contributed by atoms with Crippen molar-refractivity contribution in [1.82, 2.24) is 14.8 Å². The number of benzene rings is 1. The number of aromatic nitrogens is 1. The Bertz CT molecular complexity index is 788. The molecule has 0 aliphatic carbocycles. The highest BCUT2D eigenvalue weighted by atomic mass is 79.9. The van der Waals surface area contributed by atoms with Crippen LogP contribution in [0.1, 0.15) is 13.3 Å². The molecule has 0 spiro atoms. The van der Waals surface area contributed by atoms with E-state index in [1.807, 2.05) is 29.2 Å². The lowest BCUT2D eigenvalue weighted by Crippen LogP contribution is -2.50. The van der Waals surface area contributed by atoms with Crippen LogP contribution in [-0.4, -0.2) is 59.3 Å². The SMILES string of the molecule is CC(=O)N1CCN(C(=O)CCNc2ccnc3cc(Br)ccc23)CC1. The summed E-state index contributed by atoms with van der Waals surface area (Å²) < 4.78 is 0.990. The lowest BCUT2D eigenvalue weighted by Gasteiger charge is -2.34. The van der Waals surface area contributed by atoms with E-state index in [2.05, 4.69) is 26.2 Å². The zero-order valence-corrected chi connectivity index (χ0v) is 15.8. The molecule has 6 nitrogen and oxygen atoms in total. The molecule has 2 amide bonds. The number of fused-ring (bicyclic) bond motifs is 1. The van der Waals surface area contributed by atoms with E-state index in [-0.39, 0.29) is 11.8 Å². The zero-order chi connectivity index (χ0) is 17.8. The first-order valence-electron chi connectivity index (χ1n) is 8.36. The Morgan fingerprint density at radius 2 is 1.88 bits per heavy atom. The van der Waals surface area contributed by atoms with Crippen molar-refractivity contribution in [3.63, 3.8) is 0 Å². The third-order valence-corrected chi connectivity index (χ3v) is 4.93. The van der Waals surface area contributed by atoms with Crippen molar-refractivity contribution in [2.75, 3.05) is 38.0 Å². The average molecular weight is 405 g/mol. The van der Waals surface area contributed by atoms with Crippen LogP contribution in [0.4, 0.5) is 5.69 Å². The normalized spacial score (nSPS) is 14.6. The van der Waals surface area contributed by atoms with E-state index in [1.54, 1.807) is 18.0 Å². The van der Waals surface area contributed by atoms with Crippen molar-refractivity contribution in [2.45, 2.75) is 13.3 Å². The summed E-state index contributed by atoms with van der Waals surface area (Å²) in [7, 11) is 0. The highest BCUT2D eigenvalue weighted by Gasteiger charge is 2.21. The monoisotopic (exact) mass is 404 g/mol. The topological polar surface area (TPSA) is 65.5 Å². The number of amides is 2. The Kier molecular flexibility index (Phi) is 5.53. The van der Waals surface area contributed by atoms with E-state index in [0.717, 1.165) is 21.1 Å². The first-order valence-corrected chi connectivity index (χ1v) is 9.15. The maximum Gasteiger partial charge on any atom is 0.224 e. The molecule has 25 heavy (non-hydrogen) atoms. The van der Waals surface area contributed by atoms with Gasteiger partial charge in [0.05, 0.1) is 5.52 Å². The third kappa shape index (κ3) is 4.28. The van der Waals surface area contributed by atoms with E-state index in [9.17, 15) is 9.59 Å². The maximum atomic E-state index is 12.3. The van der Waals surface area contributed by atoms with E-state index >= 15 is 0 Å². The number of piperazine rings is 1. The minimum absolute atomic E-state index is 0.0740. The van der Waals surface area contributed by atoms with Crippen molar-refractivity contribution < 1.29 is 9.59 Å². The van der Waals surface area contributed by atoms with Crippen molar-refractivity contribution in [3.05, 3.63) is 34.9 Å². The van der Waals surface area contributed by atoms with Crippen LogP contribution in [0, 0.1) is 0 Å². The second-order valence-electron chi connectivity index (χ2n) is 6.08. The number of nitrogens with one attached hydrogen (secondary N) is 1. The predicted molar refractivity (Wildman–Crippen MR) is 101 cm³/mol. The summed E-state index contributed by atoms with van der Waals surface area (Å²) in [5.41, 5.74) is 1.89. The van der Waals surface area contributed by atoms with Crippen molar-refractivity contribution in [3.8, 4) is 0 Å². The van der Waals surface area contributed by atoms with Crippen LogP contribution >= 0.6 is 15.9 Å². The quantitative estimate of drug-likeness (QED) is 0.849. The molecule has 2 aromatic rings. The summed E-state index contributed by atoms with van der Waals surface area (Å²) in [4.78, 5) is 31.7. The molecule has 1 aromatic carbocycles. The summed E-state index contributed by atoms with van der Waals surface area (Å²) in [6, 6.07) is 7.89. The van der Waals surface area contributed by atoms with Gasteiger partial charge in [-0.3, -0.25) is 14.6 Å². The van der Waals surface area contributed by atoms with Gasteiger partial charge in [-0.05, 0) is 24.3 Å². The van der Waals surface area contributed by atoms with Crippen LogP contribution in [0.2, 0.25) is 0 Å². The van der Waals surface area contributed by atoms with Gasteiger partial charge >= 0.3 is 0 Å². The summed E-state index contributed by atoms with van der Waals surface area (Å²) in [5, 5.41) is 4.37. The smallest absolute Gasteiger partial charge is 0.224 e. The molecule has 1 saturated heterocycles. The van der Waals surface area contributed by atoms with Crippen LogP contribution in [0.15, 0.2) is 34.9 Å². The summed E-state index contributed by atoms with van der Waals surface area (Å²) >= 11 is 3.45. The molecular formula is C18H21BrN4O2. The van der Waals surface area contributed by atoms with Gasteiger partial charge in [0.2, 0.25) is 11.8 Å². The van der Waals surface area contributed by atoms with Gasteiger partial charge in [-0.1, -0.05) is 15.9 Å². The third-order valence-electron chi connectivity index (χ3n) is 4.44. The molecule has 0 atom stereocenters. The number of hydrogen-bond acceptors (Lipinski definition) is 4. The van der Waals surface area contributed by atoms with E-state index in [0.29, 0.717) is 39.1 Å². The molecule has 0 radical (unpaired) electrons. The van der Waals surface area contributed by atoms with Gasteiger partial charge in [0, 0.05) is 67.8 Å². The number of halogens is 1. The molecule has 2 heterocycles. The fraction of sp³-hybridized carbons (Fsp3) is 0.389. The van der Waals surface area contributed by atoms with Crippen molar-refractivity contribution in [1.29, 1.82) is 0 Å². The summed E-state index contributed by atoms with van der Waals surface area (Å²) in [5.74, 6) is 0.196. The number of pyridine rings is 1. The highest BCUT2D eigenvalue weighted by Crippen LogP contribution is 2.24. The Balaban J connectivity index is 1.53. The van der Waals surface area contributed by atoms with Crippen molar-refractivity contribution >= 4 is 44.3 Å². The second-order valence-corrected chi connectivity index (χ2v) is 7.00. The summed E-state index contributed by atoms with van der Waals surface area (Å²) in [6.45, 7) is 4.62. The molecule has 132 valence electrons. The standard InChI is InChI=1S/C18H21BrN4O2/c1-13(24)22-8-10-23(11-9-22)18(25)5-7-20-16-4-6-21-17-12-14(19)2-3-15(16)17/h2-4,6,12H,5,7-11H2,1H3,(H,20,21). The van der Waals surface area contributed by atoms with E-state index < -0.39 is 0 Å². The molecule has 0 bridgehead atoms. The molecule has 0 saturated carbocycles. The van der Waals surface area contributed by atoms with Gasteiger partial charge in [0.1, 0.15) is 0 Å². The van der Waals surface area contributed by atoms with Gasteiger partial charge in [-0.25, -0.2) is 0 Å². The van der Waals surface area contributed by atoms with Gasteiger partial charge in [-0.15, -0.1) is 0 Å². The van der Waals surface area contributed by atoms with Gasteiger partial charge < -0.3 is 15.1 Å². The second kappa shape index (κ2) is 7.82. The van der Waals surface area contributed by atoms with Crippen LogP contribution in [0.3, 0.4) is 0 Å². The number of hydrogen-bond donors (Lipinski definition) is 1. The first-order chi connectivity index (χ1) is 12.0. The van der Waals surface area contributed by atoms with Crippen LogP contribution < -0.4 is 5.32 Å². The highest BCUT2D eigenvalue weighted by molar-refractivity contribution is 9.10. The van der Waals surface area contributed by atoms with E-state index in [4.69, 9.17) is 0 Å². The average Bonchev–Trinajstić information content (AvgIpc) is 2.61. The fourth-order valence-corrected chi connectivity index (χ4v) is 3.36. The molecule has 1 N–H and O–H groups in total. The Hall–Kier alpha value is -2.15. The van der Waals surface area contributed by atoms with Crippen LogP contribution in [0.5, 0.6) is 0 Å². The number of anilines is 1. The van der Waals surface area contributed by atoms with Crippen molar-refractivity contribution in [2.24, 2.45) is 0 Å². The number of rotatable bonds is 4. The molecule has 7 heteroatoms. The van der Waals surface area contributed by atoms with Crippen LogP contribution in [-0.2, 0) is 9.59 Å². The molecule has 1 aliphatic heterocycles. The molecular weight excluding hydrogens is 384 g/mol. The van der Waals surface area contributed by atoms with Crippen LogP contribution in [0.25, 0.3) is 10.9 Å². The largest absolute Gasteiger partial charge is 0.384 e. The maximum absolute atomic E-state index is 12.3.